The standard InChI is InChI=1S/C10H19N2.C2HF6NS/c1-3-4-5-6-7-12-9-8-11(2)10-12;3-1(4,5)10(9)2(6,7)8/h8-10H,3-7H2,1-2H3;9H/q+1;. The number of nitrogens with zero attached hydrogens (tertiary/aromatic N) is 2. The summed E-state index contributed by atoms with van der Waals surface area (Å²) in [6.45, 7) is 3.41. The van der Waals surface area contributed by atoms with Gasteiger partial charge in [-0.05, 0) is 12.8 Å². The molecule has 1 aromatic heterocycles. The number of hydrogen-bond donors (Lipinski definition) is 1. The van der Waals surface area contributed by atoms with E-state index in [2.05, 4.69) is 41.8 Å². The van der Waals surface area contributed by atoms with Crippen LogP contribution in [0, 0.1) is 4.78 Å². The molecule has 0 amide bonds. The first-order valence-corrected chi connectivity index (χ1v) is 7.81. The van der Waals surface area contributed by atoms with Crippen LogP contribution < -0.4 is 4.57 Å². The molecule has 0 aliphatic heterocycles. The monoisotopic (exact) mass is 352 g/mol. The van der Waals surface area contributed by atoms with E-state index in [0.29, 0.717) is 0 Å². The number of unbranched alkanes of at least 4 members (excludes halogenated alkanes) is 3. The van der Waals surface area contributed by atoms with Crippen LogP contribution in [0.1, 0.15) is 32.6 Å². The highest BCUT2D eigenvalue weighted by molar-refractivity contribution is 7.87. The summed E-state index contributed by atoms with van der Waals surface area (Å²) in [7, 11) is -2.20. The third kappa shape index (κ3) is 9.06. The van der Waals surface area contributed by atoms with Gasteiger partial charge in [0.2, 0.25) is 6.33 Å². The lowest BCUT2D eigenvalue weighted by atomic mass is 10.2. The summed E-state index contributed by atoms with van der Waals surface area (Å²) in [5, 5.41) is 0. The molecule has 0 radical (unpaired) electrons. The lowest BCUT2D eigenvalue weighted by Gasteiger charge is -2.11. The van der Waals surface area contributed by atoms with Crippen molar-refractivity contribution in [2.75, 3.05) is 0 Å². The molecule has 1 aromatic rings. The Hall–Kier alpha value is -1.06. The molecule has 0 saturated heterocycles. The second kappa shape index (κ2) is 9.16. The van der Waals surface area contributed by atoms with E-state index < -0.39 is 21.7 Å². The van der Waals surface area contributed by atoms with E-state index in [9.17, 15) is 26.3 Å². The van der Waals surface area contributed by atoms with Crippen LogP contribution in [0.25, 0.3) is 0 Å². The molecule has 1 N–H and O–H groups in total. The first-order valence-electron chi connectivity index (χ1n) is 6.58. The number of hydrogen-bond acceptors (Lipinski definition) is 1. The van der Waals surface area contributed by atoms with Gasteiger partial charge in [-0.2, -0.15) is 26.3 Å². The molecular formula is C12H20F6N3S+. The van der Waals surface area contributed by atoms with E-state index >= 15 is 0 Å². The van der Waals surface area contributed by atoms with Crippen molar-refractivity contribution in [1.29, 1.82) is 4.78 Å². The Morgan fingerprint density at radius 1 is 1.05 bits per heavy atom. The van der Waals surface area contributed by atoms with Crippen LogP contribution in [0.3, 0.4) is 0 Å². The van der Waals surface area contributed by atoms with Crippen molar-refractivity contribution in [3.8, 4) is 0 Å². The number of aromatic nitrogens is 2. The van der Waals surface area contributed by atoms with Crippen LogP contribution in [0.4, 0.5) is 26.3 Å². The fourth-order valence-electron chi connectivity index (χ4n) is 1.49. The molecule has 10 heteroatoms. The lowest BCUT2D eigenvalue weighted by Crippen LogP contribution is -2.28. The molecule has 22 heavy (non-hydrogen) atoms. The van der Waals surface area contributed by atoms with Crippen LogP contribution in [0.5, 0.6) is 0 Å². The molecule has 0 spiro atoms. The molecule has 0 aliphatic carbocycles. The van der Waals surface area contributed by atoms with Crippen molar-refractivity contribution in [2.45, 2.75) is 50.2 Å². The Morgan fingerprint density at radius 2 is 1.59 bits per heavy atom. The van der Waals surface area contributed by atoms with Gasteiger partial charge < -0.3 is 0 Å². The molecule has 0 aromatic carbocycles. The largest absolute Gasteiger partial charge is 0.460 e. The zero-order valence-corrected chi connectivity index (χ0v) is 13.2. The highest BCUT2D eigenvalue weighted by Crippen LogP contribution is 2.33. The average Bonchev–Trinajstić information content (AvgIpc) is 2.78. The maximum atomic E-state index is 11.0. The Bertz CT molecular complexity index is 436. The smallest absolute Gasteiger partial charge is 0.265 e. The number of imidazole rings is 1. The molecule has 0 atom stereocenters. The van der Waals surface area contributed by atoms with Gasteiger partial charge >= 0.3 is 11.0 Å². The summed E-state index contributed by atoms with van der Waals surface area (Å²) in [6.07, 6.45) is 11.7. The summed E-state index contributed by atoms with van der Waals surface area (Å²) < 4.78 is 76.3. The summed E-state index contributed by atoms with van der Waals surface area (Å²) in [4.78, 5) is 0. The summed E-state index contributed by atoms with van der Waals surface area (Å²) in [5.41, 5.74) is -11.0. The van der Waals surface area contributed by atoms with E-state index in [1.54, 1.807) is 0 Å². The van der Waals surface area contributed by atoms with Gasteiger partial charge in [-0.25, -0.2) is 9.13 Å². The predicted molar refractivity (Wildman–Crippen MR) is 71.9 cm³/mol. The van der Waals surface area contributed by atoms with Crippen LogP contribution >= 0.6 is 0 Å². The molecule has 1 heterocycles. The highest BCUT2D eigenvalue weighted by atomic mass is 32.2. The summed E-state index contributed by atoms with van der Waals surface area (Å²) in [5.74, 6) is 0. The molecule has 130 valence electrons. The second-order valence-electron chi connectivity index (χ2n) is 4.58. The number of nitrogens with one attached hydrogen (secondary N) is 1. The Balaban J connectivity index is 0.000000409. The Kier molecular flexibility index (Phi) is 8.72. The quantitative estimate of drug-likeness (QED) is 0.466. The van der Waals surface area contributed by atoms with Crippen LogP contribution in [-0.4, -0.2) is 15.6 Å². The molecule has 0 fully saturated rings. The molecule has 0 unspecified atom stereocenters. The van der Waals surface area contributed by atoms with E-state index in [4.69, 9.17) is 4.78 Å². The normalized spacial score (nSPS) is 12.2. The third-order valence-electron chi connectivity index (χ3n) is 2.56. The van der Waals surface area contributed by atoms with Crippen molar-refractivity contribution >= 4 is 10.7 Å². The summed E-state index contributed by atoms with van der Waals surface area (Å²) >= 11 is 0. The van der Waals surface area contributed by atoms with Crippen molar-refractivity contribution in [3.05, 3.63) is 18.7 Å². The minimum absolute atomic E-state index is 1.17. The van der Waals surface area contributed by atoms with E-state index in [1.165, 1.54) is 32.2 Å². The fourth-order valence-corrected chi connectivity index (χ4v) is 1.75. The minimum atomic E-state index is -5.49. The van der Waals surface area contributed by atoms with Gasteiger partial charge in [0, 0.05) is 0 Å². The molecule has 3 nitrogen and oxygen atoms in total. The summed E-state index contributed by atoms with van der Waals surface area (Å²) in [6, 6.07) is 0. The van der Waals surface area contributed by atoms with Gasteiger partial charge in [0.1, 0.15) is 23.1 Å². The van der Waals surface area contributed by atoms with Crippen molar-refractivity contribution in [3.63, 3.8) is 0 Å². The molecule has 1 rings (SSSR count). The third-order valence-corrected chi connectivity index (χ3v) is 3.48. The minimum Gasteiger partial charge on any atom is -0.265 e. The van der Waals surface area contributed by atoms with Gasteiger partial charge in [0.15, 0.2) is 0 Å². The number of aryl methyl sites for hydroxylation is 2. The highest BCUT2D eigenvalue weighted by Gasteiger charge is 2.50. The zero-order valence-electron chi connectivity index (χ0n) is 12.3. The van der Waals surface area contributed by atoms with Gasteiger partial charge in [-0.15, -0.1) is 0 Å². The SMILES string of the molecule is CCCCCCn1cc[n+](C)c1.N=S(C(F)(F)F)C(F)(F)F. The lowest BCUT2D eigenvalue weighted by molar-refractivity contribution is -0.671. The van der Waals surface area contributed by atoms with Crippen molar-refractivity contribution in [1.82, 2.24) is 4.57 Å². The number of rotatable bonds is 5. The van der Waals surface area contributed by atoms with E-state index in [-0.39, 0.29) is 0 Å². The molecular weight excluding hydrogens is 332 g/mol. The van der Waals surface area contributed by atoms with E-state index in [1.807, 2.05) is 0 Å². The first kappa shape index (κ1) is 20.9. The number of halogens is 6. The van der Waals surface area contributed by atoms with Gasteiger partial charge in [0.25, 0.3) is 0 Å². The second-order valence-corrected chi connectivity index (χ2v) is 6.11. The fraction of sp³-hybridized carbons (Fsp3) is 0.750. The Labute approximate surface area is 127 Å². The maximum absolute atomic E-state index is 11.0. The van der Waals surface area contributed by atoms with Gasteiger partial charge in [-0.1, -0.05) is 19.8 Å². The van der Waals surface area contributed by atoms with Crippen molar-refractivity contribution in [2.24, 2.45) is 7.05 Å². The maximum Gasteiger partial charge on any atom is 0.460 e. The van der Waals surface area contributed by atoms with Gasteiger partial charge in [0.05, 0.1) is 13.6 Å². The first-order chi connectivity index (χ1) is 9.98. The molecule has 0 saturated carbocycles. The van der Waals surface area contributed by atoms with Crippen LogP contribution in [0.15, 0.2) is 18.7 Å². The Morgan fingerprint density at radius 3 is 1.91 bits per heavy atom. The zero-order chi connectivity index (χ0) is 17.4. The molecule has 0 aliphatic rings. The van der Waals surface area contributed by atoms with Gasteiger partial charge in [-0.3, -0.25) is 4.78 Å². The molecule has 0 bridgehead atoms. The number of alkyl halides is 6. The van der Waals surface area contributed by atoms with Crippen LogP contribution in [-0.2, 0) is 24.3 Å². The van der Waals surface area contributed by atoms with Crippen LogP contribution in [0.2, 0.25) is 0 Å². The average molecular weight is 352 g/mol. The van der Waals surface area contributed by atoms with E-state index in [0.717, 1.165) is 0 Å². The topological polar surface area (TPSA) is 32.7 Å². The van der Waals surface area contributed by atoms with Crippen molar-refractivity contribution < 1.29 is 30.9 Å². The predicted octanol–water partition coefficient (Wildman–Crippen LogP) is 4.30.